The average Bonchev–Trinajstić information content (AvgIpc) is 2.45. The number of Topliss-reactive ketones (excluding diaryl/α,β-unsaturated/α-hetero) is 1. The van der Waals surface area contributed by atoms with Crippen molar-refractivity contribution >= 4 is 11.8 Å². The summed E-state index contributed by atoms with van der Waals surface area (Å²) >= 11 is 0. The number of ether oxygens (including phenoxy) is 2. The molecule has 4 nitrogen and oxygen atoms in total. The molecule has 0 radical (unpaired) electrons. The van der Waals surface area contributed by atoms with Gasteiger partial charge in [0.15, 0.2) is 5.82 Å². The highest BCUT2D eigenvalue weighted by Gasteiger charge is 2.41. The van der Waals surface area contributed by atoms with Crippen molar-refractivity contribution in [2.75, 3.05) is 13.2 Å². The number of halogens is 6. The van der Waals surface area contributed by atoms with Crippen LogP contribution in [-0.2, 0) is 20.4 Å². The number of benzene rings is 1. The van der Waals surface area contributed by atoms with Gasteiger partial charge in [-0.2, -0.15) is 13.2 Å². The standard InChI is InChI=1S/C15H12F6O4/c1-3-24-6-7(14(23)25-4-2)13(22)10-8(16)5-9(17)11(12(10)18)15(19,20)21/h5-6H,3-4H2,1-2H3/b7-6+. The molecule has 0 spiro atoms. The Kier molecular flexibility index (Phi) is 6.60. The first-order valence-corrected chi connectivity index (χ1v) is 6.84. The summed E-state index contributed by atoms with van der Waals surface area (Å²) in [4.78, 5) is 23.9. The van der Waals surface area contributed by atoms with Crippen molar-refractivity contribution in [3.05, 3.63) is 46.5 Å². The molecular weight excluding hydrogens is 358 g/mol. The maximum atomic E-state index is 14.0. The minimum Gasteiger partial charge on any atom is -0.500 e. The Morgan fingerprint density at radius 1 is 1.08 bits per heavy atom. The zero-order chi connectivity index (χ0) is 19.4. The molecule has 25 heavy (non-hydrogen) atoms. The van der Waals surface area contributed by atoms with Crippen molar-refractivity contribution in [3.63, 3.8) is 0 Å². The number of rotatable bonds is 6. The van der Waals surface area contributed by atoms with Crippen LogP contribution in [0, 0.1) is 17.5 Å². The Morgan fingerprint density at radius 2 is 1.68 bits per heavy atom. The lowest BCUT2D eigenvalue weighted by Gasteiger charge is -2.13. The van der Waals surface area contributed by atoms with Crippen LogP contribution in [0.1, 0.15) is 29.8 Å². The zero-order valence-corrected chi connectivity index (χ0v) is 13.0. The van der Waals surface area contributed by atoms with E-state index in [1.165, 1.54) is 13.8 Å². The third-order valence-corrected chi connectivity index (χ3v) is 2.79. The van der Waals surface area contributed by atoms with Gasteiger partial charge in [-0.15, -0.1) is 0 Å². The molecule has 0 saturated carbocycles. The molecule has 138 valence electrons. The van der Waals surface area contributed by atoms with Crippen LogP contribution >= 0.6 is 0 Å². The molecule has 10 heteroatoms. The molecule has 1 aromatic carbocycles. The lowest BCUT2D eigenvalue weighted by Crippen LogP contribution is -2.22. The van der Waals surface area contributed by atoms with E-state index in [0.29, 0.717) is 6.26 Å². The second-order valence-corrected chi connectivity index (χ2v) is 4.44. The summed E-state index contributed by atoms with van der Waals surface area (Å²) < 4.78 is 88.4. The Balaban J connectivity index is 3.57. The van der Waals surface area contributed by atoms with E-state index in [1.807, 2.05) is 0 Å². The first-order chi connectivity index (χ1) is 11.6. The summed E-state index contributed by atoms with van der Waals surface area (Å²) in [5, 5.41) is 0. The van der Waals surface area contributed by atoms with E-state index >= 15 is 0 Å². The molecule has 0 saturated heterocycles. The van der Waals surface area contributed by atoms with Crippen LogP contribution in [0.3, 0.4) is 0 Å². The fourth-order valence-electron chi connectivity index (χ4n) is 1.76. The van der Waals surface area contributed by atoms with Crippen LogP contribution < -0.4 is 0 Å². The Labute approximate surface area is 138 Å². The van der Waals surface area contributed by atoms with Crippen LogP contribution in [0.15, 0.2) is 17.9 Å². The van der Waals surface area contributed by atoms with Crippen LogP contribution in [0.4, 0.5) is 26.3 Å². The minimum atomic E-state index is -5.52. The van der Waals surface area contributed by atoms with Crippen LogP contribution in [-0.4, -0.2) is 25.0 Å². The summed E-state index contributed by atoms with van der Waals surface area (Å²) in [5.74, 6) is -9.74. The number of alkyl halides is 3. The van der Waals surface area contributed by atoms with Gasteiger partial charge in [0.1, 0.15) is 29.0 Å². The zero-order valence-electron chi connectivity index (χ0n) is 13.0. The lowest BCUT2D eigenvalue weighted by molar-refractivity contribution is -0.142. The van der Waals surface area contributed by atoms with Gasteiger partial charge in [-0.05, 0) is 13.8 Å². The highest BCUT2D eigenvalue weighted by molar-refractivity contribution is 6.24. The Morgan fingerprint density at radius 3 is 2.16 bits per heavy atom. The number of esters is 1. The van der Waals surface area contributed by atoms with E-state index in [4.69, 9.17) is 0 Å². The molecule has 0 N–H and O–H groups in total. The molecule has 1 rings (SSSR count). The summed E-state index contributed by atoms with van der Waals surface area (Å²) in [7, 11) is 0. The third-order valence-electron chi connectivity index (χ3n) is 2.79. The molecule has 0 atom stereocenters. The lowest BCUT2D eigenvalue weighted by atomic mass is 9.99. The van der Waals surface area contributed by atoms with Crippen LogP contribution in [0.5, 0.6) is 0 Å². The SMILES string of the molecule is CCO/C=C(/C(=O)OCC)C(=O)c1c(F)cc(F)c(C(F)(F)F)c1F. The number of hydrogen-bond acceptors (Lipinski definition) is 4. The van der Waals surface area contributed by atoms with Gasteiger partial charge in [-0.3, -0.25) is 4.79 Å². The maximum Gasteiger partial charge on any atom is 0.422 e. The van der Waals surface area contributed by atoms with E-state index in [0.717, 1.165) is 0 Å². The van der Waals surface area contributed by atoms with Crippen molar-refractivity contribution in [2.45, 2.75) is 20.0 Å². The van der Waals surface area contributed by atoms with E-state index in [9.17, 15) is 35.9 Å². The Hall–Kier alpha value is -2.52. The monoisotopic (exact) mass is 370 g/mol. The second-order valence-electron chi connectivity index (χ2n) is 4.44. The van der Waals surface area contributed by atoms with Gasteiger partial charge in [-0.25, -0.2) is 18.0 Å². The average molecular weight is 370 g/mol. The van der Waals surface area contributed by atoms with Crippen molar-refractivity contribution in [2.24, 2.45) is 0 Å². The topological polar surface area (TPSA) is 52.6 Å². The van der Waals surface area contributed by atoms with Gasteiger partial charge in [0.05, 0.1) is 18.8 Å². The third kappa shape index (κ3) is 4.52. The molecular formula is C15H12F6O4. The van der Waals surface area contributed by atoms with Crippen LogP contribution in [0.2, 0.25) is 0 Å². The number of carbonyl (C=O) groups is 2. The van der Waals surface area contributed by atoms with Gasteiger partial charge in [0.2, 0.25) is 5.78 Å². The van der Waals surface area contributed by atoms with Crippen molar-refractivity contribution in [1.29, 1.82) is 0 Å². The number of ketones is 1. The highest BCUT2D eigenvalue weighted by atomic mass is 19.4. The summed E-state index contributed by atoms with van der Waals surface area (Å²) in [6, 6.07) is -0.289. The summed E-state index contributed by atoms with van der Waals surface area (Å²) in [6.07, 6.45) is -5.01. The first-order valence-electron chi connectivity index (χ1n) is 6.84. The van der Waals surface area contributed by atoms with E-state index in [1.54, 1.807) is 0 Å². The highest BCUT2D eigenvalue weighted by Crippen LogP contribution is 2.36. The van der Waals surface area contributed by atoms with E-state index in [2.05, 4.69) is 9.47 Å². The molecule has 0 aliphatic heterocycles. The molecule has 0 amide bonds. The quantitative estimate of drug-likeness (QED) is 0.145. The number of carbonyl (C=O) groups excluding carboxylic acids is 2. The molecule has 1 aromatic rings. The van der Waals surface area contributed by atoms with Crippen LogP contribution in [0.25, 0.3) is 0 Å². The van der Waals surface area contributed by atoms with Crippen molar-refractivity contribution < 1.29 is 45.4 Å². The van der Waals surface area contributed by atoms with Crippen molar-refractivity contribution in [1.82, 2.24) is 0 Å². The predicted octanol–water partition coefficient (Wildman–Crippen LogP) is 3.79. The molecule has 0 aromatic heterocycles. The molecule has 0 bridgehead atoms. The normalized spacial score (nSPS) is 12.1. The van der Waals surface area contributed by atoms with Gasteiger partial charge in [0, 0.05) is 6.07 Å². The fourth-order valence-corrected chi connectivity index (χ4v) is 1.76. The summed E-state index contributed by atoms with van der Waals surface area (Å²) in [5.41, 5.74) is -5.23. The second kappa shape index (κ2) is 8.04. The van der Waals surface area contributed by atoms with E-state index < -0.39 is 52.1 Å². The van der Waals surface area contributed by atoms with Gasteiger partial charge < -0.3 is 9.47 Å². The molecule has 0 aliphatic rings. The maximum absolute atomic E-state index is 14.0. The first kappa shape index (κ1) is 20.5. The van der Waals surface area contributed by atoms with Gasteiger partial charge in [-0.1, -0.05) is 0 Å². The fraction of sp³-hybridized carbons (Fsp3) is 0.333. The van der Waals surface area contributed by atoms with Gasteiger partial charge in [0.25, 0.3) is 0 Å². The van der Waals surface area contributed by atoms with Crippen molar-refractivity contribution in [3.8, 4) is 0 Å². The molecule has 0 unspecified atom stereocenters. The smallest absolute Gasteiger partial charge is 0.422 e. The predicted molar refractivity (Wildman–Crippen MR) is 72.0 cm³/mol. The number of hydrogen-bond donors (Lipinski definition) is 0. The molecule has 0 fully saturated rings. The summed E-state index contributed by atoms with van der Waals surface area (Å²) in [6.45, 7) is 2.53. The van der Waals surface area contributed by atoms with Gasteiger partial charge >= 0.3 is 12.1 Å². The minimum absolute atomic E-state index is 0.0572. The largest absolute Gasteiger partial charge is 0.500 e. The molecule has 0 aliphatic carbocycles. The van der Waals surface area contributed by atoms with E-state index in [-0.39, 0.29) is 19.3 Å². The Bertz CT molecular complexity index is 709. The molecule has 0 heterocycles.